The largest absolute Gasteiger partial charge is 0.317 e. The molecule has 1 heterocycles. The van der Waals surface area contributed by atoms with Crippen molar-refractivity contribution in [3.63, 3.8) is 0 Å². The third-order valence-corrected chi connectivity index (χ3v) is 3.47. The fourth-order valence-electron chi connectivity index (χ4n) is 2.29. The van der Waals surface area contributed by atoms with E-state index in [0.29, 0.717) is 0 Å². The Morgan fingerprint density at radius 1 is 1.25 bits per heavy atom. The minimum atomic E-state index is 0.918. The van der Waals surface area contributed by atoms with Crippen LogP contribution in [0.3, 0.4) is 0 Å². The average Bonchev–Trinajstić information content (AvgIpc) is 2.03. The van der Waals surface area contributed by atoms with Gasteiger partial charge in [0.15, 0.2) is 0 Å². The maximum Gasteiger partial charge on any atom is -0.00432 e. The molecule has 12 heavy (non-hydrogen) atoms. The topological polar surface area (TPSA) is 12.0 Å². The fraction of sp³-hybridized carbons (Fsp3) is 0.818. The number of hydrogen-bond donors (Lipinski definition) is 1. The molecule has 0 bridgehead atoms. The van der Waals surface area contributed by atoms with Crippen molar-refractivity contribution >= 4 is 0 Å². The fourth-order valence-corrected chi connectivity index (χ4v) is 2.29. The highest BCUT2D eigenvalue weighted by molar-refractivity contribution is 5.20. The van der Waals surface area contributed by atoms with E-state index in [0.717, 1.165) is 5.92 Å². The molecule has 2 fully saturated rings. The predicted octanol–water partition coefficient (Wildman–Crippen LogP) is 2.49. The van der Waals surface area contributed by atoms with Crippen LogP contribution in [-0.4, -0.2) is 13.1 Å². The second-order valence-corrected chi connectivity index (χ2v) is 4.16. The maximum absolute atomic E-state index is 3.42. The van der Waals surface area contributed by atoms with E-state index in [-0.39, 0.29) is 0 Å². The molecule has 1 heteroatoms. The summed E-state index contributed by atoms with van der Waals surface area (Å²) in [4.78, 5) is 0. The van der Waals surface area contributed by atoms with Crippen LogP contribution in [0, 0.1) is 5.92 Å². The zero-order valence-corrected chi connectivity index (χ0v) is 8.03. The van der Waals surface area contributed by atoms with E-state index in [1.165, 1.54) is 45.2 Å². The Hall–Kier alpha value is -0.300. The molecule has 2 rings (SSSR count). The lowest BCUT2D eigenvalue weighted by atomic mass is 9.80. The molecule has 68 valence electrons. The number of nitrogens with one attached hydrogen (secondary N) is 1. The number of piperidine rings is 1. The summed E-state index contributed by atoms with van der Waals surface area (Å²) >= 11 is 0. The van der Waals surface area contributed by atoms with Crippen LogP contribution in [0.4, 0.5) is 0 Å². The summed E-state index contributed by atoms with van der Waals surface area (Å²) < 4.78 is 0. The van der Waals surface area contributed by atoms with Gasteiger partial charge in [-0.2, -0.15) is 0 Å². The zero-order valence-electron chi connectivity index (χ0n) is 8.03. The van der Waals surface area contributed by atoms with Crippen LogP contribution < -0.4 is 5.32 Å². The molecule has 0 unspecified atom stereocenters. The molecule has 1 nitrogen and oxygen atoms in total. The lowest BCUT2D eigenvalue weighted by Gasteiger charge is -2.29. The van der Waals surface area contributed by atoms with Crippen molar-refractivity contribution < 1.29 is 0 Å². The van der Waals surface area contributed by atoms with Crippen LogP contribution in [-0.2, 0) is 0 Å². The minimum absolute atomic E-state index is 0.918. The SMILES string of the molecule is CC(=C1CCC1)C1CCNCC1. The van der Waals surface area contributed by atoms with Crippen molar-refractivity contribution in [2.24, 2.45) is 5.92 Å². The highest BCUT2D eigenvalue weighted by atomic mass is 14.9. The van der Waals surface area contributed by atoms with Gasteiger partial charge >= 0.3 is 0 Å². The van der Waals surface area contributed by atoms with Crippen LogP contribution in [0.25, 0.3) is 0 Å². The Labute approximate surface area is 75.2 Å². The molecule has 2 aliphatic rings. The normalized spacial score (nSPS) is 25.2. The molecule has 1 N–H and O–H groups in total. The van der Waals surface area contributed by atoms with Gasteiger partial charge in [-0.1, -0.05) is 11.1 Å². The minimum Gasteiger partial charge on any atom is -0.317 e. The van der Waals surface area contributed by atoms with Gasteiger partial charge in [-0.15, -0.1) is 0 Å². The Bertz CT molecular complexity index is 181. The van der Waals surface area contributed by atoms with E-state index in [9.17, 15) is 0 Å². The van der Waals surface area contributed by atoms with Gasteiger partial charge in [0.2, 0.25) is 0 Å². The second-order valence-electron chi connectivity index (χ2n) is 4.16. The van der Waals surface area contributed by atoms with Gasteiger partial charge < -0.3 is 5.32 Å². The van der Waals surface area contributed by atoms with Gasteiger partial charge in [0.25, 0.3) is 0 Å². The van der Waals surface area contributed by atoms with Crippen molar-refractivity contribution in [3.8, 4) is 0 Å². The van der Waals surface area contributed by atoms with Gasteiger partial charge in [-0.3, -0.25) is 0 Å². The molecule has 0 radical (unpaired) electrons. The lowest BCUT2D eigenvalue weighted by molar-refractivity contribution is 0.411. The van der Waals surface area contributed by atoms with E-state index in [4.69, 9.17) is 0 Å². The average molecular weight is 165 g/mol. The third-order valence-electron chi connectivity index (χ3n) is 3.47. The molecule has 0 atom stereocenters. The van der Waals surface area contributed by atoms with Crippen molar-refractivity contribution in [1.82, 2.24) is 5.32 Å². The first-order valence-electron chi connectivity index (χ1n) is 5.27. The Morgan fingerprint density at radius 3 is 2.42 bits per heavy atom. The summed E-state index contributed by atoms with van der Waals surface area (Å²) in [5, 5.41) is 3.42. The van der Waals surface area contributed by atoms with Gasteiger partial charge in [0.1, 0.15) is 0 Å². The van der Waals surface area contributed by atoms with E-state index >= 15 is 0 Å². The highest BCUT2D eigenvalue weighted by Crippen LogP contribution is 2.34. The van der Waals surface area contributed by atoms with Gasteiger partial charge in [0.05, 0.1) is 0 Å². The second kappa shape index (κ2) is 3.61. The third kappa shape index (κ3) is 1.56. The van der Waals surface area contributed by atoms with Gasteiger partial charge in [-0.25, -0.2) is 0 Å². The number of hydrogen-bond acceptors (Lipinski definition) is 1. The van der Waals surface area contributed by atoms with Gasteiger partial charge in [-0.05, 0) is 58.0 Å². The van der Waals surface area contributed by atoms with E-state index in [2.05, 4.69) is 12.2 Å². The summed E-state index contributed by atoms with van der Waals surface area (Å²) in [5.74, 6) is 0.918. The summed E-state index contributed by atoms with van der Waals surface area (Å²) in [6.07, 6.45) is 6.98. The van der Waals surface area contributed by atoms with Crippen LogP contribution in [0.1, 0.15) is 39.0 Å². The lowest BCUT2D eigenvalue weighted by Crippen LogP contribution is -2.28. The van der Waals surface area contributed by atoms with Crippen molar-refractivity contribution in [2.45, 2.75) is 39.0 Å². The number of rotatable bonds is 1. The van der Waals surface area contributed by atoms with Crippen LogP contribution in [0.2, 0.25) is 0 Å². The zero-order chi connectivity index (χ0) is 8.39. The van der Waals surface area contributed by atoms with Gasteiger partial charge in [0, 0.05) is 0 Å². The smallest absolute Gasteiger partial charge is 0.00432 e. The standard InChI is InChI=1S/C11H19N/c1-9(10-3-2-4-10)11-5-7-12-8-6-11/h11-12H,2-8H2,1H3. The predicted molar refractivity (Wildman–Crippen MR) is 52.1 cm³/mol. The maximum atomic E-state index is 3.42. The Kier molecular flexibility index (Phi) is 2.50. The van der Waals surface area contributed by atoms with E-state index in [1.54, 1.807) is 11.1 Å². The van der Waals surface area contributed by atoms with Crippen LogP contribution in [0.15, 0.2) is 11.1 Å². The molecule has 1 saturated carbocycles. The molecule has 0 aromatic rings. The molecule has 1 saturated heterocycles. The summed E-state index contributed by atoms with van der Waals surface area (Å²) in [6, 6.07) is 0. The van der Waals surface area contributed by atoms with E-state index < -0.39 is 0 Å². The van der Waals surface area contributed by atoms with Crippen molar-refractivity contribution in [1.29, 1.82) is 0 Å². The van der Waals surface area contributed by atoms with Crippen molar-refractivity contribution in [2.75, 3.05) is 13.1 Å². The molecule has 0 amide bonds. The molecule has 0 aromatic carbocycles. The Morgan fingerprint density at radius 2 is 1.92 bits per heavy atom. The van der Waals surface area contributed by atoms with E-state index in [1.807, 2.05) is 0 Å². The van der Waals surface area contributed by atoms with Crippen LogP contribution in [0.5, 0.6) is 0 Å². The van der Waals surface area contributed by atoms with Crippen molar-refractivity contribution in [3.05, 3.63) is 11.1 Å². The number of allylic oxidation sites excluding steroid dienone is 2. The first-order valence-corrected chi connectivity index (χ1v) is 5.27. The highest BCUT2D eigenvalue weighted by Gasteiger charge is 2.20. The first-order chi connectivity index (χ1) is 5.88. The summed E-state index contributed by atoms with van der Waals surface area (Å²) in [7, 11) is 0. The molecule has 1 aliphatic carbocycles. The summed E-state index contributed by atoms with van der Waals surface area (Å²) in [5.41, 5.74) is 3.52. The molecule has 0 spiro atoms. The molecule has 0 aromatic heterocycles. The monoisotopic (exact) mass is 165 g/mol. The quantitative estimate of drug-likeness (QED) is 0.589. The summed E-state index contributed by atoms with van der Waals surface area (Å²) in [6.45, 7) is 4.83. The molecule has 1 aliphatic heterocycles. The Balaban J connectivity index is 1.97. The molecular weight excluding hydrogens is 146 g/mol. The molecular formula is C11H19N. The first kappa shape index (κ1) is 8.31. The van der Waals surface area contributed by atoms with Crippen LogP contribution >= 0.6 is 0 Å².